The van der Waals surface area contributed by atoms with Crippen LogP contribution in [0.25, 0.3) is 0 Å². The van der Waals surface area contributed by atoms with Crippen molar-refractivity contribution >= 4 is 23.1 Å². The fourth-order valence-electron chi connectivity index (χ4n) is 0.981. The number of benzene rings is 1. The van der Waals surface area contributed by atoms with E-state index < -0.39 is 0 Å². The zero-order valence-electron chi connectivity index (χ0n) is 8.63. The molecule has 1 fully saturated rings. The van der Waals surface area contributed by atoms with Crippen molar-refractivity contribution < 1.29 is 17.1 Å². The Morgan fingerprint density at radius 3 is 1.86 bits per heavy atom. The maximum atomic E-state index is 4.94. The molecule has 1 nitrogen and oxygen atoms in total. The fraction of sp³-hybridized carbons (Fsp3) is 0.455. The molecule has 0 atom stereocenters. The third kappa shape index (κ3) is 8.82. The summed E-state index contributed by atoms with van der Waals surface area (Å²) in [5.74, 6) is 0. The molecule has 14 heavy (non-hydrogen) atoms. The second-order valence-corrected chi connectivity index (χ2v) is 2.90. The largest absolute Gasteiger partial charge is 2.00 e. The van der Waals surface area contributed by atoms with Crippen LogP contribution >= 0.6 is 0 Å². The van der Waals surface area contributed by atoms with Crippen molar-refractivity contribution in [2.75, 3.05) is 13.2 Å². The first kappa shape index (κ1) is 16.7. The van der Waals surface area contributed by atoms with Gasteiger partial charge in [0, 0.05) is 13.2 Å². The molecule has 0 unspecified atom stereocenters. The summed E-state index contributed by atoms with van der Waals surface area (Å²) in [6, 6.07) is 10.8. The smallest absolute Gasteiger partial charge is 1.00 e. The standard InChI is InChI=1S/C7H7.C4H8O.ClH.Mg/c1-7-5-3-2-4-6-7;1-2-4-5-3-1;;/h3-6H,1H3;1-4H2;1H;/q-1;;;+2/p-1. The Morgan fingerprint density at radius 1 is 1.14 bits per heavy atom. The molecule has 1 aromatic carbocycles. The van der Waals surface area contributed by atoms with Crippen LogP contribution in [0, 0.1) is 13.0 Å². The fourth-order valence-corrected chi connectivity index (χ4v) is 0.981. The van der Waals surface area contributed by atoms with Crippen LogP contribution in [0.3, 0.4) is 0 Å². The third-order valence-corrected chi connectivity index (χ3v) is 1.71. The Labute approximate surface area is 109 Å². The normalized spacial score (nSPS) is 12.9. The van der Waals surface area contributed by atoms with Gasteiger partial charge in [0.2, 0.25) is 0 Å². The number of rotatable bonds is 0. The molecule has 1 aromatic rings. The van der Waals surface area contributed by atoms with E-state index >= 15 is 0 Å². The summed E-state index contributed by atoms with van der Waals surface area (Å²) in [5.41, 5.74) is 1.29. The molecule has 1 heterocycles. The Kier molecular flexibility index (Phi) is 13.5. The van der Waals surface area contributed by atoms with Crippen LogP contribution in [0.5, 0.6) is 0 Å². The molecule has 0 aliphatic carbocycles. The average Bonchev–Trinajstić information content (AvgIpc) is 2.62. The molecule has 0 radical (unpaired) electrons. The van der Waals surface area contributed by atoms with E-state index in [1.165, 1.54) is 18.4 Å². The van der Waals surface area contributed by atoms with Gasteiger partial charge in [-0.3, -0.25) is 0 Å². The monoisotopic (exact) mass is 222 g/mol. The van der Waals surface area contributed by atoms with Crippen LogP contribution in [0.2, 0.25) is 0 Å². The van der Waals surface area contributed by atoms with Gasteiger partial charge in [-0.15, -0.1) is 0 Å². The van der Waals surface area contributed by atoms with E-state index in [0.717, 1.165) is 13.2 Å². The van der Waals surface area contributed by atoms with Gasteiger partial charge in [-0.2, -0.15) is 35.9 Å². The van der Waals surface area contributed by atoms with E-state index in [2.05, 4.69) is 13.0 Å². The Morgan fingerprint density at radius 2 is 1.64 bits per heavy atom. The van der Waals surface area contributed by atoms with Gasteiger partial charge in [0.05, 0.1) is 0 Å². The summed E-state index contributed by atoms with van der Waals surface area (Å²) < 4.78 is 4.94. The van der Waals surface area contributed by atoms with Gasteiger partial charge in [0.1, 0.15) is 0 Å². The molecule has 3 heteroatoms. The van der Waals surface area contributed by atoms with Crippen molar-refractivity contribution in [2.24, 2.45) is 0 Å². The molecule has 2 rings (SSSR count). The third-order valence-electron chi connectivity index (χ3n) is 1.71. The van der Waals surface area contributed by atoms with Crippen LogP contribution in [-0.2, 0) is 4.74 Å². The van der Waals surface area contributed by atoms with Gasteiger partial charge in [-0.05, 0) is 12.8 Å². The van der Waals surface area contributed by atoms with Crippen molar-refractivity contribution in [2.45, 2.75) is 19.8 Å². The number of aryl methyl sites for hydroxylation is 1. The molecule has 1 aliphatic rings. The van der Waals surface area contributed by atoms with E-state index in [9.17, 15) is 0 Å². The molecule has 0 spiro atoms. The predicted molar refractivity (Wildman–Crippen MR) is 55.8 cm³/mol. The van der Waals surface area contributed by atoms with Crippen LogP contribution in [-0.4, -0.2) is 36.3 Å². The first-order chi connectivity index (χ1) is 5.89. The van der Waals surface area contributed by atoms with Crippen molar-refractivity contribution in [1.29, 1.82) is 0 Å². The quantitative estimate of drug-likeness (QED) is 0.414. The van der Waals surface area contributed by atoms with Crippen molar-refractivity contribution in [3.63, 3.8) is 0 Å². The van der Waals surface area contributed by atoms with Gasteiger partial charge < -0.3 is 17.1 Å². The first-order valence-electron chi connectivity index (χ1n) is 4.40. The van der Waals surface area contributed by atoms with Gasteiger partial charge in [-0.25, -0.2) is 0 Å². The number of ether oxygens (including phenoxy) is 1. The van der Waals surface area contributed by atoms with E-state index in [1.807, 2.05) is 24.3 Å². The number of halogens is 1. The minimum absolute atomic E-state index is 0. The summed E-state index contributed by atoms with van der Waals surface area (Å²) >= 11 is 0. The molecule has 74 valence electrons. The van der Waals surface area contributed by atoms with E-state index in [0.29, 0.717) is 0 Å². The zero-order chi connectivity index (χ0) is 8.65. The van der Waals surface area contributed by atoms with Gasteiger partial charge in [0.15, 0.2) is 0 Å². The van der Waals surface area contributed by atoms with Gasteiger partial charge in [0.25, 0.3) is 0 Å². The van der Waals surface area contributed by atoms with Crippen LogP contribution in [0.4, 0.5) is 0 Å². The average molecular weight is 223 g/mol. The molecule has 0 aromatic heterocycles. The molecule has 1 saturated heterocycles. The molecule has 0 bridgehead atoms. The van der Waals surface area contributed by atoms with Crippen molar-refractivity contribution in [1.82, 2.24) is 0 Å². The maximum absolute atomic E-state index is 4.94. The van der Waals surface area contributed by atoms with E-state index in [1.54, 1.807) is 0 Å². The molecular formula is C11H15ClMgO. The molecule has 0 saturated carbocycles. The topological polar surface area (TPSA) is 9.23 Å². The SMILES string of the molecule is C1CCOC1.Cc1cc[c-]cc1.[Cl-].[Mg+2]. The van der Waals surface area contributed by atoms with E-state index in [4.69, 9.17) is 4.74 Å². The number of hydrogen-bond acceptors (Lipinski definition) is 1. The summed E-state index contributed by atoms with van der Waals surface area (Å²) in [7, 11) is 0. The summed E-state index contributed by atoms with van der Waals surface area (Å²) in [4.78, 5) is 0. The molecule has 0 amide bonds. The first-order valence-corrected chi connectivity index (χ1v) is 4.40. The maximum Gasteiger partial charge on any atom is 2.00 e. The van der Waals surface area contributed by atoms with Crippen LogP contribution in [0.1, 0.15) is 18.4 Å². The molecular weight excluding hydrogens is 208 g/mol. The zero-order valence-corrected chi connectivity index (χ0v) is 10.8. The Balaban J connectivity index is 0. The second-order valence-electron chi connectivity index (χ2n) is 2.90. The Bertz CT molecular complexity index is 192. The molecule has 0 N–H and O–H groups in total. The van der Waals surface area contributed by atoms with Gasteiger partial charge >= 0.3 is 23.1 Å². The van der Waals surface area contributed by atoms with Gasteiger partial charge in [-0.1, -0.05) is 6.92 Å². The minimum atomic E-state index is 0. The summed E-state index contributed by atoms with van der Waals surface area (Å²) in [6.45, 7) is 4.06. The van der Waals surface area contributed by atoms with Crippen molar-refractivity contribution in [3.05, 3.63) is 35.9 Å². The van der Waals surface area contributed by atoms with E-state index in [-0.39, 0.29) is 35.5 Å². The summed E-state index contributed by atoms with van der Waals surface area (Å²) in [6.07, 6.45) is 2.56. The summed E-state index contributed by atoms with van der Waals surface area (Å²) in [5, 5.41) is 0. The Hall–Kier alpha value is 0.236. The second kappa shape index (κ2) is 11.3. The molecule has 1 aliphatic heterocycles. The minimum Gasteiger partial charge on any atom is -1.00 e. The van der Waals surface area contributed by atoms with Crippen LogP contribution in [0.15, 0.2) is 24.3 Å². The number of hydrogen-bond donors (Lipinski definition) is 0. The van der Waals surface area contributed by atoms with Crippen molar-refractivity contribution in [3.8, 4) is 0 Å². The predicted octanol–water partition coefficient (Wildman–Crippen LogP) is -0.785. The van der Waals surface area contributed by atoms with Crippen LogP contribution < -0.4 is 12.4 Å².